The minimum atomic E-state index is -0.369. The molecule has 3 rings (SSSR count). The zero-order valence-electron chi connectivity index (χ0n) is 16.0. The van der Waals surface area contributed by atoms with Crippen molar-refractivity contribution in [3.05, 3.63) is 64.5 Å². The molecule has 142 valence electrons. The molecule has 1 saturated heterocycles. The largest absolute Gasteiger partial charge is 0.338 e. The van der Waals surface area contributed by atoms with E-state index in [0.717, 1.165) is 35.2 Å². The molecule has 2 aromatic carbocycles. The number of halogens is 1. The van der Waals surface area contributed by atoms with Crippen LogP contribution in [0.25, 0.3) is 0 Å². The van der Waals surface area contributed by atoms with Crippen molar-refractivity contribution in [3.63, 3.8) is 0 Å². The fourth-order valence-corrected chi connectivity index (χ4v) is 3.75. The Hall–Kier alpha value is -2.69. The van der Waals surface area contributed by atoms with Crippen molar-refractivity contribution >= 4 is 17.5 Å². The molecule has 0 aromatic heterocycles. The van der Waals surface area contributed by atoms with Gasteiger partial charge in [-0.15, -0.1) is 0 Å². The van der Waals surface area contributed by atoms with Crippen LogP contribution < -0.4 is 5.32 Å². The summed E-state index contributed by atoms with van der Waals surface area (Å²) in [5, 5.41) is 3.06. The van der Waals surface area contributed by atoms with E-state index in [9.17, 15) is 14.0 Å². The maximum Gasteiger partial charge on any atom is 0.253 e. The van der Waals surface area contributed by atoms with Crippen molar-refractivity contribution in [2.45, 2.75) is 33.6 Å². The summed E-state index contributed by atoms with van der Waals surface area (Å²) < 4.78 is 13.1. The number of carbonyl (C=O) groups is 2. The van der Waals surface area contributed by atoms with Crippen LogP contribution in [-0.2, 0) is 4.79 Å². The molecule has 1 N–H and O–H groups in total. The first-order valence-corrected chi connectivity index (χ1v) is 9.28. The third kappa shape index (κ3) is 4.35. The number of hydrogen-bond acceptors (Lipinski definition) is 2. The molecule has 0 radical (unpaired) electrons. The molecule has 1 heterocycles. The number of nitrogens with zero attached hydrogens (tertiary/aromatic N) is 1. The predicted molar refractivity (Wildman–Crippen MR) is 104 cm³/mol. The first-order valence-electron chi connectivity index (χ1n) is 9.28. The summed E-state index contributed by atoms with van der Waals surface area (Å²) in [5.41, 5.74) is 4.54. The van der Waals surface area contributed by atoms with Gasteiger partial charge in [0.25, 0.3) is 5.91 Å². The Morgan fingerprint density at radius 2 is 1.70 bits per heavy atom. The summed E-state index contributed by atoms with van der Waals surface area (Å²) in [6, 6.07) is 9.64. The highest BCUT2D eigenvalue weighted by atomic mass is 19.1. The number of hydrogen-bond donors (Lipinski definition) is 1. The van der Waals surface area contributed by atoms with Crippen molar-refractivity contribution in [3.8, 4) is 0 Å². The van der Waals surface area contributed by atoms with Gasteiger partial charge in [0, 0.05) is 24.3 Å². The van der Waals surface area contributed by atoms with Gasteiger partial charge in [-0.1, -0.05) is 17.7 Å². The zero-order valence-corrected chi connectivity index (χ0v) is 16.0. The van der Waals surface area contributed by atoms with Gasteiger partial charge < -0.3 is 10.2 Å². The molecular weight excluding hydrogens is 343 g/mol. The standard InChI is InChI=1S/C22H25FN2O2/c1-14-11-15(2)20(16(3)12-14)24-21(26)18-5-4-10-25(13-18)22(27)17-6-8-19(23)9-7-17/h6-9,11-12,18H,4-5,10,13H2,1-3H3,(H,24,26)/t18-/m1/s1. The van der Waals surface area contributed by atoms with E-state index in [1.165, 1.54) is 24.3 Å². The quantitative estimate of drug-likeness (QED) is 0.881. The van der Waals surface area contributed by atoms with Crippen LogP contribution >= 0.6 is 0 Å². The van der Waals surface area contributed by atoms with Crippen LogP contribution in [-0.4, -0.2) is 29.8 Å². The number of benzene rings is 2. The van der Waals surface area contributed by atoms with E-state index in [1.54, 1.807) is 4.90 Å². The summed E-state index contributed by atoms with van der Waals surface area (Å²) in [4.78, 5) is 27.2. The number of aryl methyl sites for hydroxylation is 3. The molecule has 2 amide bonds. The summed E-state index contributed by atoms with van der Waals surface area (Å²) in [7, 11) is 0. The molecule has 0 saturated carbocycles. The van der Waals surface area contributed by atoms with Crippen LogP contribution in [0.3, 0.4) is 0 Å². The molecule has 0 aliphatic carbocycles. The second kappa shape index (κ2) is 7.91. The summed E-state index contributed by atoms with van der Waals surface area (Å²) in [6.07, 6.45) is 1.53. The topological polar surface area (TPSA) is 49.4 Å². The lowest BCUT2D eigenvalue weighted by molar-refractivity contribution is -0.121. The summed E-state index contributed by atoms with van der Waals surface area (Å²) in [6.45, 7) is 7.00. The smallest absolute Gasteiger partial charge is 0.253 e. The van der Waals surface area contributed by atoms with Crippen LogP contribution in [0.1, 0.15) is 39.9 Å². The lowest BCUT2D eigenvalue weighted by Crippen LogP contribution is -2.43. The molecule has 0 spiro atoms. The molecule has 0 bridgehead atoms. The molecule has 1 fully saturated rings. The molecule has 5 heteroatoms. The van der Waals surface area contributed by atoms with Gasteiger partial charge in [-0.25, -0.2) is 4.39 Å². The number of piperidine rings is 1. The van der Waals surface area contributed by atoms with Crippen LogP contribution in [0, 0.1) is 32.5 Å². The maximum absolute atomic E-state index is 13.1. The Morgan fingerprint density at radius 3 is 2.33 bits per heavy atom. The van der Waals surface area contributed by atoms with Crippen LogP contribution in [0.15, 0.2) is 36.4 Å². The fraction of sp³-hybridized carbons (Fsp3) is 0.364. The van der Waals surface area contributed by atoms with E-state index in [2.05, 4.69) is 5.32 Å². The highest BCUT2D eigenvalue weighted by Crippen LogP contribution is 2.25. The third-order valence-electron chi connectivity index (χ3n) is 5.10. The van der Waals surface area contributed by atoms with E-state index >= 15 is 0 Å². The minimum Gasteiger partial charge on any atom is -0.338 e. The molecule has 1 atom stereocenters. The first kappa shape index (κ1) is 19.1. The van der Waals surface area contributed by atoms with E-state index in [-0.39, 0.29) is 23.5 Å². The van der Waals surface area contributed by atoms with E-state index < -0.39 is 0 Å². The Bertz CT molecular complexity index is 838. The highest BCUT2D eigenvalue weighted by Gasteiger charge is 2.29. The van der Waals surface area contributed by atoms with Crippen molar-refractivity contribution < 1.29 is 14.0 Å². The highest BCUT2D eigenvalue weighted by molar-refractivity contribution is 5.97. The molecule has 4 nitrogen and oxygen atoms in total. The second-order valence-electron chi connectivity index (χ2n) is 7.36. The monoisotopic (exact) mass is 368 g/mol. The zero-order chi connectivity index (χ0) is 19.6. The number of nitrogens with one attached hydrogen (secondary N) is 1. The molecular formula is C22H25FN2O2. The first-order chi connectivity index (χ1) is 12.8. The number of likely N-dealkylation sites (tertiary alicyclic amines) is 1. The third-order valence-corrected chi connectivity index (χ3v) is 5.10. The summed E-state index contributed by atoms with van der Waals surface area (Å²) >= 11 is 0. The minimum absolute atomic E-state index is 0.0540. The second-order valence-corrected chi connectivity index (χ2v) is 7.36. The van der Waals surface area contributed by atoms with Gasteiger partial charge in [-0.3, -0.25) is 9.59 Å². The van der Waals surface area contributed by atoms with Crippen molar-refractivity contribution in [1.82, 2.24) is 4.90 Å². The van der Waals surface area contributed by atoms with Crippen LogP contribution in [0.4, 0.5) is 10.1 Å². The maximum atomic E-state index is 13.1. The van der Waals surface area contributed by atoms with E-state index in [4.69, 9.17) is 0 Å². The molecule has 2 aromatic rings. The Balaban J connectivity index is 1.69. The number of rotatable bonds is 3. The predicted octanol–water partition coefficient (Wildman–Crippen LogP) is 4.24. The van der Waals surface area contributed by atoms with Gasteiger partial charge in [-0.2, -0.15) is 0 Å². The fourth-order valence-electron chi connectivity index (χ4n) is 3.75. The normalized spacial score (nSPS) is 16.9. The lowest BCUT2D eigenvalue weighted by atomic mass is 9.95. The lowest BCUT2D eigenvalue weighted by Gasteiger charge is -2.32. The van der Waals surface area contributed by atoms with Crippen molar-refractivity contribution in [2.75, 3.05) is 18.4 Å². The molecule has 1 aliphatic rings. The molecule has 1 aliphatic heterocycles. The average molecular weight is 368 g/mol. The van der Waals surface area contributed by atoms with Crippen molar-refractivity contribution in [2.24, 2.45) is 5.92 Å². The number of amides is 2. The van der Waals surface area contributed by atoms with Gasteiger partial charge in [-0.05, 0) is 69.0 Å². The number of anilines is 1. The molecule has 0 unspecified atom stereocenters. The number of carbonyl (C=O) groups excluding carboxylic acids is 2. The van der Waals surface area contributed by atoms with Gasteiger partial charge in [0.15, 0.2) is 0 Å². The average Bonchev–Trinajstić information content (AvgIpc) is 2.64. The van der Waals surface area contributed by atoms with Crippen LogP contribution in [0.2, 0.25) is 0 Å². The van der Waals surface area contributed by atoms with Gasteiger partial charge in [0.2, 0.25) is 5.91 Å². The Morgan fingerprint density at radius 1 is 1.07 bits per heavy atom. The summed E-state index contributed by atoms with van der Waals surface area (Å²) in [5.74, 6) is -0.827. The van der Waals surface area contributed by atoms with Gasteiger partial charge in [0.05, 0.1) is 5.92 Å². The van der Waals surface area contributed by atoms with E-state index in [0.29, 0.717) is 18.7 Å². The Labute approximate surface area is 159 Å². The van der Waals surface area contributed by atoms with Gasteiger partial charge in [0.1, 0.15) is 5.82 Å². The van der Waals surface area contributed by atoms with Gasteiger partial charge >= 0.3 is 0 Å². The SMILES string of the molecule is Cc1cc(C)c(NC(=O)[C@@H]2CCCN(C(=O)c3ccc(F)cc3)C2)c(C)c1. The van der Waals surface area contributed by atoms with Crippen LogP contribution in [0.5, 0.6) is 0 Å². The van der Waals surface area contributed by atoms with Crippen molar-refractivity contribution in [1.29, 1.82) is 0 Å². The van der Waals surface area contributed by atoms with E-state index in [1.807, 2.05) is 32.9 Å². The molecule has 27 heavy (non-hydrogen) atoms. The Kier molecular flexibility index (Phi) is 5.59.